The summed E-state index contributed by atoms with van der Waals surface area (Å²) in [6.45, 7) is 13.7. The Morgan fingerprint density at radius 1 is 1.10 bits per heavy atom. The second kappa shape index (κ2) is 25.3. The van der Waals surface area contributed by atoms with Gasteiger partial charge in [0.05, 0.1) is 48.9 Å². The second-order valence-corrected chi connectivity index (χ2v) is 21.1. The van der Waals surface area contributed by atoms with E-state index in [2.05, 4.69) is 25.4 Å². The molecule has 2 aromatic heterocycles. The topological polar surface area (TPSA) is 282 Å². The van der Waals surface area contributed by atoms with E-state index in [1.807, 2.05) is 32.8 Å². The number of Topliss-reactive ketones (excluding diaryl/α,β-unsaturated/α-hetero) is 1. The number of carbonyl (C=O) groups is 4. The van der Waals surface area contributed by atoms with Gasteiger partial charge in [-0.15, -0.1) is 11.3 Å². The number of thiazole rings is 1. The first-order valence-electron chi connectivity index (χ1n) is 24.9. The summed E-state index contributed by atoms with van der Waals surface area (Å²) in [6, 6.07) is 2.41. The van der Waals surface area contributed by atoms with E-state index in [-0.39, 0.29) is 50.7 Å². The fourth-order valence-corrected chi connectivity index (χ4v) is 10.5. The molecule has 0 aliphatic carbocycles. The number of oxime groups is 1. The van der Waals surface area contributed by atoms with Crippen molar-refractivity contribution in [2.45, 2.75) is 180 Å². The minimum absolute atomic E-state index is 0.0232. The van der Waals surface area contributed by atoms with Crippen LogP contribution >= 0.6 is 11.3 Å². The summed E-state index contributed by atoms with van der Waals surface area (Å²) in [4.78, 5) is 75.8. The Balaban J connectivity index is 1.55. The average Bonchev–Trinajstić information content (AvgIpc) is 3.80. The number of halogens is 1. The van der Waals surface area contributed by atoms with Crippen molar-refractivity contribution < 1.29 is 62.3 Å². The molecule has 0 aromatic carbocycles. The SMILES string of the molecule is CCC(=O)/N=C1\[C@H](C)C[C@@]2(C)OC/C(=N/OCc3ccc(-c4nc(NC(=O)[C@@H](N)CCCCN)cs4)cn3)CO[C@H]([C@H]1C)[C@](C)(O)[C@@H](CC)OC(=O)[C@@](C)(F)C(=O)[C@H](C)[C@H]2O[C@@H]1O[C@H](C)C[C@H](N(C)C)[C@H]1O. The number of ether oxygens (including phenoxy) is 5. The molecule has 2 amide bonds. The van der Waals surface area contributed by atoms with E-state index >= 15 is 4.39 Å². The Kier molecular flexibility index (Phi) is 20.6. The van der Waals surface area contributed by atoms with Crippen LogP contribution < -0.4 is 16.8 Å². The molecule has 0 saturated carbocycles. The lowest BCUT2D eigenvalue weighted by molar-refractivity contribution is -0.296. The van der Waals surface area contributed by atoms with Gasteiger partial charge in [-0.25, -0.2) is 19.2 Å². The van der Waals surface area contributed by atoms with Crippen molar-refractivity contribution in [1.29, 1.82) is 0 Å². The van der Waals surface area contributed by atoms with E-state index in [1.54, 1.807) is 51.4 Å². The number of esters is 1. The first-order valence-corrected chi connectivity index (χ1v) is 25.8. The maximum absolute atomic E-state index is 17.0. The lowest BCUT2D eigenvalue weighted by Gasteiger charge is -2.47. The Bertz CT molecular complexity index is 2230. The number of rotatable bonds is 15. The van der Waals surface area contributed by atoms with Gasteiger partial charge in [-0.1, -0.05) is 46.2 Å². The molecule has 5 heterocycles. The zero-order chi connectivity index (χ0) is 53.3. The average molecular weight is 1030 g/mol. The second-order valence-electron chi connectivity index (χ2n) is 20.2. The van der Waals surface area contributed by atoms with E-state index in [4.69, 9.17) is 40.0 Å². The predicted molar refractivity (Wildman–Crippen MR) is 269 cm³/mol. The van der Waals surface area contributed by atoms with Crippen LogP contribution in [-0.2, 0) is 54.3 Å². The summed E-state index contributed by atoms with van der Waals surface area (Å²) in [5.41, 5.74) is 6.32. The van der Waals surface area contributed by atoms with E-state index in [0.29, 0.717) is 47.2 Å². The molecule has 7 N–H and O–H groups in total. The Labute approximate surface area is 426 Å². The van der Waals surface area contributed by atoms with Gasteiger partial charge in [0, 0.05) is 47.2 Å². The summed E-state index contributed by atoms with van der Waals surface area (Å²) in [5.74, 6) is -6.13. The summed E-state index contributed by atoms with van der Waals surface area (Å²) >= 11 is 1.32. The standard InChI is InChI=1S/C50H77FN8O12S/c1-12-36-50(9,65)43-29(5)39(57-38(60)13-2)27(3)21-48(7,42(30(6)41(62)49(8,51)47(64)70-36)71-46-40(61)35(59(10)11)20-28(4)69-46)67-24-33(23-66-43)58-68-25-32-18-17-31(22-54-32)45-56-37(26-72-45)55-44(63)34(53)16-14-15-19-52/h17-18,22,26-30,34-36,40,42-43,46,61,65H,12-16,19-21,23-25,52-53H2,1-11H3,(H,55,63)/b57-39+,58-33+/t27-,28-,29+,30+,34+,35+,36-,40-,42-,43-,46+,48-,49+,50-/m1/s1. The normalized spacial score (nSPS) is 34.7. The number of unbranched alkanes of at least 4 members (excludes halogenated alkanes) is 1. The van der Waals surface area contributed by atoms with Crippen molar-refractivity contribution in [3.8, 4) is 10.6 Å². The van der Waals surface area contributed by atoms with E-state index in [9.17, 15) is 29.4 Å². The molecule has 0 unspecified atom stereocenters. The number of ketones is 1. The number of nitrogens with two attached hydrogens (primary N) is 2. The molecule has 3 aliphatic rings. The monoisotopic (exact) mass is 1030 g/mol. The quantitative estimate of drug-likeness (QED) is 0.0710. The number of cyclic esters (lactones) is 1. The van der Waals surface area contributed by atoms with Crippen LogP contribution in [0.4, 0.5) is 10.2 Å². The van der Waals surface area contributed by atoms with Crippen LogP contribution in [0, 0.1) is 17.8 Å². The number of aromatic nitrogens is 2. The number of hydrogen-bond donors (Lipinski definition) is 5. The van der Waals surface area contributed by atoms with Crippen LogP contribution in [0.25, 0.3) is 10.6 Å². The maximum atomic E-state index is 17.0. The summed E-state index contributed by atoms with van der Waals surface area (Å²) in [7, 11) is 3.62. The molecule has 0 spiro atoms. The number of aliphatic imine (C=N–C) groups is 1. The van der Waals surface area contributed by atoms with E-state index in [0.717, 1.165) is 19.8 Å². The number of amides is 2. The summed E-state index contributed by atoms with van der Waals surface area (Å²) in [5, 5.41) is 33.8. The molecular weight excluding hydrogens is 956 g/mol. The largest absolute Gasteiger partial charge is 0.457 e. The van der Waals surface area contributed by atoms with Crippen molar-refractivity contribution in [3.05, 3.63) is 29.4 Å². The minimum Gasteiger partial charge on any atom is -0.457 e. The molecule has 0 radical (unpaired) electrons. The van der Waals surface area contributed by atoms with Crippen molar-refractivity contribution in [3.63, 3.8) is 0 Å². The van der Waals surface area contributed by atoms with Gasteiger partial charge in [-0.05, 0) is 98.5 Å². The van der Waals surface area contributed by atoms with Gasteiger partial charge < -0.3 is 60.4 Å². The third-order valence-electron chi connectivity index (χ3n) is 14.0. The number of likely N-dealkylation sites (N-methyl/N-ethyl adjacent to an activating group) is 1. The third kappa shape index (κ3) is 14.1. The molecule has 20 nitrogen and oxygen atoms in total. The van der Waals surface area contributed by atoms with Gasteiger partial charge >= 0.3 is 5.97 Å². The zero-order valence-corrected chi connectivity index (χ0v) is 44.4. The van der Waals surface area contributed by atoms with Gasteiger partial charge in [0.1, 0.15) is 34.3 Å². The van der Waals surface area contributed by atoms with Crippen LogP contribution in [-0.4, -0.2) is 160 Å². The number of aliphatic hydroxyl groups excluding tert-OH is 1. The molecular formula is C50H77FN8O12S. The first-order chi connectivity index (χ1) is 33.9. The number of nitrogens with zero attached hydrogens (tertiary/aromatic N) is 5. The molecule has 22 heteroatoms. The first kappa shape index (κ1) is 58.7. The van der Waals surface area contributed by atoms with Crippen molar-refractivity contribution in [1.82, 2.24) is 14.9 Å². The van der Waals surface area contributed by atoms with Crippen molar-refractivity contribution in [2.75, 3.05) is 39.2 Å². The molecule has 2 bridgehead atoms. The van der Waals surface area contributed by atoms with Crippen LogP contribution in [0.1, 0.15) is 113 Å². The van der Waals surface area contributed by atoms with Crippen LogP contribution in [0.15, 0.2) is 33.9 Å². The lowest BCUT2D eigenvalue weighted by Crippen LogP contribution is -2.61. The maximum Gasteiger partial charge on any atom is 0.351 e. The fraction of sp³-hybridized carbons (Fsp3) is 0.720. The van der Waals surface area contributed by atoms with Gasteiger partial charge in [0.25, 0.3) is 5.67 Å². The number of pyridine rings is 1. The zero-order valence-electron chi connectivity index (χ0n) is 43.6. The Hall–Kier alpha value is -4.23. The number of nitrogens with one attached hydrogen (secondary N) is 1. The highest BCUT2D eigenvalue weighted by Gasteiger charge is 2.57. The number of aliphatic hydroxyl groups is 2. The highest BCUT2D eigenvalue weighted by Crippen LogP contribution is 2.41. The van der Waals surface area contributed by atoms with E-state index in [1.165, 1.54) is 25.2 Å². The molecule has 402 valence electrons. The summed E-state index contributed by atoms with van der Waals surface area (Å²) in [6.07, 6.45) is -3.04. The fourth-order valence-electron chi connectivity index (χ4n) is 9.80. The Morgan fingerprint density at radius 3 is 2.46 bits per heavy atom. The number of anilines is 1. The molecule has 14 atom stereocenters. The van der Waals surface area contributed by atoms with Crippen LogP contribution in [0.5, 0.6) is 0 Å². The smallest absolute Gasteiger partial charge is 0.351 e. The highest BCUT2D eigenvalue weighted by atomic mass is 32.1. The number of carbonyl (C=O) groups excluding carboxylic acids is 4. The van der Waals surface area contributed by atoms with Gasteiger partial charge in [0.2, 0.25) is 11.8 Å². The van der Waals surface area contributed by atoms with Crippen molar-refractivity contribution >= 4 is 52.1 Å². The molecule has 2 aromatic rings. The molecule has 5 rings (SSSR count). The number of fused-ring (bicyclic) bond motifs is 5. The van der Waals surface area contributed by atoms with Gasteiger partial charge in [0.15, 0.2) is 18.7 Å². The number of hydrogen-bond acceptors (Lipinski definition) is 19. The lowest BCUT2D eigenvalue weighted by atomic mass is 9.73. The van der Waals surface area contributed by atoms with Crippen LogP contribution in [0.2, 0.25) is 0 Å². The highest BCUT2D eigenvalue weighted by molar-refractivity contribution is 7.13. The van der Waals surface area contributed by atoms with Gasteiger partial charge in [-0.3, -0.25) is 19.4 Å². The minimum atomic E-state index is -3.25. The predicted octanol–water partition coefficient (Wildman–Crippen LogP) is 4.52. The summed E-state index contributed by atoms with van der Waals surface area (Å²) < 4.78 is 49.1. The number of alkyl halides is 1. The van der Waals surface area contributed by atoms with Gasteiger partial charge in [-0.2, -0.15) is 0 Å². The van der Waals surface area contributed by atoms with E-state index < -0.39 is 101 Å². The molecule has 3 aliphatic heterocycles. The molecule has 3 fully saturated rings. The van der Waals surface area contributed by atoms with Crippen LogP contribution in [0.3, 0.4) is 0 Å². The molecule has 3 saturated heterocycles. The Morgan fingerprint density at radius 2 is 1.82 bits per heavy atom. The van der Waals surface area contributed by atoms with Crippen molar-refractivity contribution in [2.24, 2.45) is 39.4 Å². The molecule has 72 heavy (non-hydrogen) atoms. The third-order valence-corrected chi connectivity index (χ3v) is 14.8.